The maximum Gasteiger partial charge on any atom is 0.496 e. The zero-order valence-corrected chi connectivity index (χ0v) is 23.6. The third kappa shape index (κ3) is 6.96. The quantitative estimate of drug-likeness (QED) is 0.353. The molecule has 3 heterocycles. The zero-order chi connectivity index (χ0) is 26.5. The summed E-state index contributed by atoms with van der Waals surface area (Å²) in [7, 11) is -0.244. The second-order valence-electron chi connectivity index (χ2n) is 10.0. The first kappa shape index (κ1) is 27.9. The van der Waals surface area contributed by atoms with Crippen LogP contribution in [0.15, 0.2) is 68.5 Å². The van der Waals surface area contributed by atoms with E-state index in [0.717, 1.165) is 34.4 Å². The Morgan fingerprint density at radius 1 is 0.806 bits per heavy atom. The highest BCUT2D eigenvalue weighted by atomic mass is 79.9. The van der Waals surface area contributed by atoms with Crippen LogP contribution in [0.25, 0.3) is 5.57 Å². The van der Waals surface area contributed by atoms with E-state index in [2.05, 4.69) is 66.6 Å². The Bertz CT molecular complexity index is 1200. The Balaban J connectivity index is 0.000000154. The van der Waals surface area contributed by atoms with Gasteiger partial charge in [0.15, 0.2) is 0 Å². The lowest BCUT2D eigenvalue weighted by Gasteiger charge is -2.32. The normalized spacial score (nSPS) is 18.7. The highest BCUT2D eigenvalue weighted by Crippen LogP contribution is 2.38. The summed E-state index contributed by atoms with van der Waals surface area (Å²) in [6.07, 6.45) is 7.92. The Morgan fingerprint density at radius 3 is 1.83 bits per heavy atom. The van der Waals surface area contributed by atoms with Crippen LogP contribution in [0, 0.1) is 13.8 Å². The molecule has 8 heteroatoms. The maximum atomic E-state index is 5.87. The molecule has 0 aromatic heterocycles. The van der Waals surface area contributed by atoms with Gasteiger partial charge in [-0.25, -0.2) is 0 Å². The maximum absolute atomic E-state index is 5.87. The molecule has 0 radical (unpaired) electrons. The van der Waals surface area contributed by atoms with Crippen LogP contribution in [-0.2, 0) is 9.31 Å². The molecular formula is C28H36BBrN4O2. The summed E-state index contributed by atoms with van der Waals surface area (Å²) < 4.78 is 12.8. The molecule has 3 aliphatic rings. The molecule has 0 aliphatic carbocycles. The molecule has 2 aromatic carbocycles. The predicted molar refractivity (Wildman–Crippen MR) is 158 cm³/mol. The first-order chi connectivity index (χ1) is 16.9. The number of rotatable bonds is 2. The zero-order valence-electron chi connectivity index (χ0n) is 22.0. The van der Waals surface area contributed by atoms with Gasteiger partial charge in [-0.1, -0.05) is 34.1 Å². The molecule has 1 fully saturated rings. The number of allylic oxidation sites excluding steroid dienone is 2. The van der Waals surface area contributed by atoms with Crippen molar-refractivity contribution in [1.82, 2.24) is 0 Å². The third-order valence-electron chi connectivity index (χ3n) is 6.59. The summed E-state index contributed by atoms with van der Waals surface area (Å²) in [6, 6.07) is 11.7. The number of nitrogens with zero attached hydrogens (tertiary/aromatic N) is 2. The minimum Gasteiger partial charge on any atom is -0.399 e. The van der Waals surface area contributed by atoms with Crippen molar-refractivity contribution in [2.24, 2.45) is 9.98 Å². The summed E-state index contributed by atoms with van der Waals surface area (Å²) in [5.41, 5.74) is 18.2. The number of hydrogen-bond acceptors (Lipinski definition) is 6. The van der Waals surface area contributed by atoms with E-state index >= 15 is 0 Å². The van der Waals surface area contributed by atoms with Crippen LogP contribution in [0.5, 0.6) is 0 Å². The third-order valence-corrected chi connectivity index (χ3v) is 7.48. The number of aryl methyl sites for hydroxylation is 2. The molecule has 0 saturated carbocycles. The van der Waals surface area contributed by atoms with Crippen molar-refractivity contribution in [3.05, 3.63) is 75.2 Å². The van der Waals surface area contributed by atoms with Crippen LogP contribution >= 0.6 is 15.9 Å². The van der Waals surface area contributed by atoms with Crippen molar-refractivity contribution in [3.8, 4) is 0 Å². The van der Waals surface area contributed by atoms with Crippen molar-refractivity contribution < 1.29 is 9.31 Å². The van der Waals surface area contributed by atoms with E-state index in [1.54, 1.807) is 0 Å². The van der Waals surface area contributed by atoms with Crippen LogP contribution in [0.4, 0.5) is 11.4 Å². The van der Waals surface area contributed by atoms with Crippen LogP contribution in [0.3, 0.4) is 0 Å². The summed E-state index contributed by atoms with van der Waals surface area (Å²) in [5, 5.41) is 0. The monoisotopic (exact) mass is 550 g/mol. The van der Waals surface area contributed by atoms with E-state index in [9.17, 15) is 0 Å². The van der Waals surface area contributed by atoms with Crippen molar-refractivity contribution in [1.29, 1.82) is 0 Å². The SMILES string of the molecule is CC1(C)OB(C2=CCN=C2)OC1(C)C.Cc1cc(N)ccc1Br.Cc1cc(N)ccc1C1=CCN=C1. The number of hydrogen-bond donors (Lipinski definition) is 2. The van der Waals surface area contributed by atoms with Crippen molar-refractivity contribution in [2.45, 2.75) is 52.7 Å². The highest BCUT2D eigenvalue weighted by Gasteiger charge is 2.52. The smallest absolute Gasteiger partial charge is 0.399 e. The van der Waals surface area contributed by atoms with Crippen molar-refractivity contribution in [2.75, 3.05) is 24.6 Å². The molecule has 6 nitrogen and oxygen atoms in total. The molecule has 36 heavy (non-hydrogen) atoms. The van der Waals surface area contributed by atoms with Crippen molar-refractivity contribution in [3.63, 3.8) is 0 Å². The van der Waals surface area contributed by atoms with Gasteiger partial charge in [0.25, 0.3) is 0 Å². The highest BCUT2D eigenvalue weighted by molar-refractivity contribution is 9.10. The predicted octanol–water partition coefficient (Wildman–Crippen LogP) is 6.01. The molecular weight excluding hydrogens is 515 g/mol. The van der Waals surface area contributed by atoms with Gasteiger partial charge in [-0.2, -0.15) is 0 Å². The van der Waals surface area contributed by atoms with Crippen LogP contribution in [0.2, 0.25) is 0 Å². The Hall–Kier alpha value is -2.68. The molecule has 2 aromatic rings. The van der Waals surface area contributed by atoms with Crippen LogP contribution in [-0.4, -0.2) is 43.8 Å². The number of nitrogen functional groups attached to an aromatic ring is 2. The number of aliphatic imine (C=N–C) groups is 2. The fraction of sp³-hybridized carbons (Fsp3) is 0.357. The average Bonchev–Trinajstić information content (AvgIpc) is 3.54. The topological polar surface area (TPSA) is 95.2 Å². The van der Waals surface area contributed by atoms with Gasteiger partial charge >= 0.3 is 7.12 Å². The molecule has 0 bridgehead atoms. The lowest BCUT2D eigenvalue weighted by Crippen LogP contribution is -2.41. The average molecular weight is 551 g/mol. The molecule has 0 spiro atoms. The molecule has 0 atom stereocenters. The second kappa shape index (κ2) is 11.6. The minimum atomic E-state index is -0.255. The lowest BCUT2D eigenvalue weighted by atomic mass is 9.79. The van der Waals surface area contributed by atoms with Gasteiger partial charge in [0.2, 0.25) is 0 Å². The molecule has 190 valence electrons. The first-order valence-electron chi connectivity index (χ1n) is 12.0. The Labute approximate surface area is 223 Å². The van der Waals surface area contributed by atoms with E-state index in [-0.39, 0.29) is 18.3 Å². The largest absolute Gasteiger partial charge is 0.496 e. The molecule has 1 saturated heterocycles. The number of anilines is 2. The van der Waals surface area contributed by atoms with Crippen LogP contribution < -0.4 is 11.5 Å². The Kier molecular flexibility index (Phi) is 8.98. The molecule has 4 N–H and O–H groups in total. The molecule has 0 unspecified atom stereocenters. The first-order valence-corrected chi connectivity index (χ1v) is 12.8. The fourth-order valence-corrected chi connectivity index (χ4v) is 3.96. The molecule has 5 rings (SSSR count). The molecule has 0 amide bonds. The summed E-state index contributed by atoms with van der Waals surface area (Å²) >= 11 is 3.37. The van der Waals surface area contributed by atoms with Crippen molar-refractivity contribution >= 4 is 52.4 Å². The summed E-state index contributed by atoms with van der Waals surface area (Å²) in [6.45, 7) is 13.9. The van der Waals surface area contributed by atoms with Gasteiger partial charge in [-0.3, -0.25) is 9.98 Å². The van der Waals surface area contributed by atoms with Gasteiger partial charge in [0.05, 0.1) is 24.3 Å². The van der Waals surface area contributed by atoms with E-state index < -0.39 is 0 Å². The number of nitrogens with two attached hydrogens (primary N) is 2. The number of benzene rings is 2. The summed E-state index contributed by atoms with van der Waals surface area (Å²) in [4.78, 5) is 8.28. The standard InChI is InChI=1S/C11H12N2.C10H16BNO2.C7H8BrN/c1-8-6-10(12)2-3-11(8)9-4-5-13-7-9;1-9(2)10(3,4)14-11(13-9)8-5-6-12-7-8;1-5-4-6(9)2-3-7(5)8/h2-4,6-7H,5,12H2,1H3;5,7H,6H2,1-4H3;2-4H,9H2,1H3. The summed E-state index contributed by atoms with van der Waals surface area (Å²) in [5.74, 6) is 0. The minimum absolute atomic E-state index is 0.244. The van der Waals surface area contributed by atoms with E-state index in [4.69, 9.17) is 20.8 Å². The van der Waals surface area contributed by atoms with Gasteiger partial charge in [0.1, 0.15) is 0 Å². The second-order valence-corrected chi connectivity index (χ2v) is 10.9. The lowest BCUT2D eigenvalue weighted by molar-refractivity contribution is 0.00578. The van der Waals surface area contributed by atoms with E-state index in [1.165, 1.54) is 22.3 Å². The molecule has 3 aliphatic heterocycles. The van der Waals surface area contributed by atoms with Crippen LogP contribution in [0.1, 0.15) is 44.4 Å². The Morgan fingerprint density at radius 2 is 1.36 bits per heavy atom. The fourth-order valence-electron chi connectivity index (χ4n) is 3.72. The van der Waals surface area contributed by atoms with E-state index in [0.29, 0.717) is 0 Å². The van der Waals surface area contributed by atoms with Gasteiger partial charge in [-0.15, -0.1) is 0 Å². The van der Waals surface area contributed by atoms with Gasteiger partial charge in [-0.05, 0) is 99.6 Å². The van der Waals surface area contributed by atoms with Gasteiger partial charge in [0, 0.05) is 28.3 Å². The van der Waals surface area contributed by atoms with Gasteiger partial charge < -0.3 is 20.8 Å². The number of halogens is 1. The van der Waals surface area contributed by atoms with E-state index in [1.807, 2.05) is 61.8 Å².